The number of benzene rings is 2. The van der Waals surface area contributed by atoms with E-state index in [0.29, 0.717) is 13.1 Å². The van der Waals surface area contributed by atoms with Crippen molar-refractivity contribution < 1.29 is 24.4 Å². The minimum Gasteiger partial charge on any atom is -0.481 e. The molecule has 6 heteroatoms. The Morgan fingerprint density at radius 1 is 0.667 bits per heavy atom. The maximum atomic E-state index is 11.7. The summed E-state index contributed by atoms with van der Waals surface area (Å²) in [7, 11) is 0. The van der Waals surface area contributed by atoms with Gasteiger partial charge in [-0.25, -0.2) is 0 Å². The van der Waals surface area contributed by atoms with Crippen LogP contribution in [-0.4, -0.2) is 45.5 Å². The summed E-state index contributed by atoms with van der Waals surface area (Å²) in [6.07, 6.45) is 28.1. The molecule has 4 rings (SSSR count). The quantitative estimate of drug-likeness (QED) is 0.0948. The van der Waals surface area contributed by atoms with Crippen molar-refractivity contribution >= 4 is 29.0 Å². The molecule has 0 fully saturated rings. The van der Waals surface area contributed by atoms with E-state index in [1.165, 1.54) is 22.5 Å². The molecule has 0 saturated heterocycles. The minimum absolute atomic E-state index is 0.0852. The predicted octanol–water partition coefficient (Wildman–Crippen LogP) is 11.0. The number of carboxylic acid groups (broad SMARTS) is 2. The molecule has 0 bridgehead atoms. The number of hydrogen-bond acceptors (Lipinski definition) is 3. The number of carbonyl (C=O) groups is 2. The summed E-state index contributed by atoms with van der Waals surface area (Å²) in [5, 5.41) is 19.3. The second-order valence-electron chi connectivity index (χ2n) is 14.3. The Hall–Kier alpha value is -4.19. The normalized spacial score (nSPS) is 17.0. The SMILES string of the molecule is CCCCC1(CCCC)C(=CC=CC=CC=CC2=[N+](CCC(=O)O)c3ccccc3C2(CCCC)CCCC)N(CCC(=O)O)c2ccccc21. The van der Waals surface area contributed by atoms with E-state index in [2.05, 4.69) is 128 Å². The Kier molecular flexibility index (Phi) is 15.1. The number of carboxylic acids is 2. The third-order valence-corrected chi connectivity index (χ3v) is 10.9. The van der Waals surface area contributed by atoms with Crippen molar-refractivity contribution in [2.45, 2.75) is 128 Å². The van der Waals surface area contributed by atoms with E-state index < -0.39 is 11.9 Å². The van der Waals surface area contributed by atoms with Crippen molar-refractivity contribution in [1.82, 2.24) is 0 Å². The van der Waals surface area contributed by atoms with E-state index in [4.69, 9.17) is 0 Å². The van der Waals surface area contributed by atoms with Gasteiger partial charge in [-0.2, -0.15) is 4.58 Å². The van der Waals surface area contributed by atoms with E-state index in [1.807, 2.05) is 0 Å². The lowest BCUT2D eigenvalue weighted by molar-refractivity contribution is -0.436. The zero-order valence-electron chi connectivity index (χ0n) is 31.6. The van der Waals surface area contributed by atoms with Crippen LogP contribution in [-0.2, 0) is 20.4 Å². The molecule has 0 unspecified atom stereocenters. The second kappa shape index (κ2) is 19.4. The Morgan fingerprint density at radius 2 is 1.20 bits per heavy atom. The summed E-state index contributed by atoms with van der Waals surface area (Å²) in [6.45, 7) is 9.85. The summed E-state index contributed by atoms with van der Waals surface area (Å²) in [6, 6.07) is 17.2. The van der Waals surface area contributed by atoms with E-state index in [9.17, 15) is 19.8 Å². The largest absolute Gasteiger partial charge is 0.481 e. The lowest BCUT2D eigenvalue weighted by Gasteiger charge is -2.34. The van der Waals surface area contributed by atoms with Crippen LogP contribution in [0, 0.1) is 0 Å². The zero-order chi connectivity index (χ0) is 36.7. The highest BCUT2D eigenvalue weighted by Gasteiger charge is 2.50. The lowest BCUT2D eigenvalue weighted by atomic mass is 9.70. The molecule has 2 aliphatic heterocycles. The molecule has 0 amide bonds. The fraction of sp³-hybridized carbons (Fsp3) is 0.489. The average molecular weight is 694 g/mol. The Morgan fingerprint density at radius 3 is 1.80 bits per heavy atom. The van der Waals surface area contributed by atoms with Gasteiger partial charge in [-0.05, 0) is 43.4 Å². The zero-order valence-corrected chi connectivity index (χ0v) is 31.6. The maximum absolute atomic E-state index is 11.7. The van der Waals surface area contributed by atoms with Crippen molar-refractivity contribution in [2.75, 3.05) is 18.0 Å². The van der Waals surface area contributed by atoms with Crippen LogP contribution in [0.15, 0.2) is 96.8 Å². The second-order valence-corrected chi connectivity index (χ2v) is 14.3. The van der Waals surface area contributed by atoms with E-state index in [-0.39, 0.29) is 23.7 Å². The maximum Gasteiger partial charge on any atom is 0.309 e. The van der Waals surface area contributed by atoms with Gasteiger partial charge < -0.3 is 15.1 Å². The Balaban J connectivity index is 1.70. The van der Waals surface area contributed by atoms with Gasteiger partial charge in [-0.3, -0.25) is 9.59 Å². The highest BCUT2D eigenvalue weighted by atomic mass is 16.4. The van der Waals surface area contributed by atoms with Gasteiger partial charge in [-0.1, -0.05) is 146 Å². The first-order valence-corrected chi connectivity index (χ1v) is 19.6. The van der Waals surface area contributed by atoms with Crippen molar-refractivity contribution in [3.63, 3.8) is 0 Å². The van der Waals surface area contributed by atoms with Gasteiger partial charge in [0.05, 0.1) is 11.8 Å². The molecule has 51 heavy (non-hydrogen) atoms. The first-order valence-electron chi connectivity index (χ1n) is 19.6. The van der Waals surface area contributed by atoms with Crippen LogP contribution >= 0.6 is 0 Å². The van der Waals surface area contributed by atoms with Crippen LogP contribution in [0.3, 0.4) is 0 Å². The topological polar surface area (TPSA) is 80.9 Å². The molecule has 0 saturated carbocycles. The van der Waals surface area contributed by atoms with Crippen molar-refractivity contribution in [3.05, 3.63) is 108 Å². The number of unbranched alkanes of at least 4 members (excludes halogenated alkanes) is 4. The molecule has 0 spiro atoms. The first kappa shape index (κ1) is 39.6. The van der Waals surface area contributed by atoms with Gasteiger partial charge in [-0.15, -0.1) is 0 Å². The Bertz CT molecular complexity index is 1610. The van der Waals surface area contributed by atoms with Crippen LogP contribution in [0.25, 0.3) is 0 Å². The molecule has 0 aliphatic carbocycles. The summed E-state index contributed by atoms with van der Waals surface area (Å²) >= 11 is 0. The molecule has 2 aromatic carbocycles. The highest BCUT2D eigenvalue weighted by Crippen LogP contribution is 2.53. The van der Waals surface area contributed by atoms with Gasteiger partial charge in [0.2, 0.25) is 5.69 Å². The van der Waals surface area contributed by atoms with Gasteiger partial charge >= 0.3 is 11.9 Å². The molecule has 0 atom stereocenters. The monoisotopic (exact) mass is 693 g/mol. The van der Waals surface area contributed by atoms with Crippen LogP contribution in [0.4, 0.5) is 11.4 Å². The van der Waals surface area contributed by atoms with E-state index in [1.54, 1.807) is 0 Å². The third kappa shape index (κ3) is 9.19. The van der Waals surface area contributed by atoms with Crippen LogP contribution in [0.1, 0.15) is 129 Å². The molecule has 2 heterocycles. The van der Waals surface area contributed by atoms with Crippen molar-refractivity contribution in [2.24, 2.45) is 0 Å². The summed E-state index contributed by atoms with van der Waals surface area (Å²) in [4.78, 5) is 25.7. The summed E-state index contributed by atoms with van der Waals surface area (Å²) in [5.74, 6) is -1.57. The average Bonchev–Trinajstić information content (AvgIpc) is 3.54. The number of rotatable bonds is 22. The summed E-state index contributed by atoms with van der Waals surface area (Å²) < 4.78 is 2.26. The first-order chi connectivity index (χ1) is 24.8. The van der Waals surface area contributed by atoms with Crippen LogP contribution in [0.5, 0.6) is 0 Å². The standard InChI is InChI=1S/C45H60N2O4/c1-5-9-30-44(31-10-6-2)36-22-18-20-24-38(36)46(34-28-42(48)49)40(44)26-16-14-13-15-17-27-41-45(32-11-7-3,33-12-8-4)37-23-19-21-25-39(37)47(41)35-29-43(50)51/h13-27H,5-12,28-35H2,1-4H3,(H-,48,49,50,51)/p+1. The molecule has 6 nitrogen and oxygen atoms in total. The molecular formula is C45H61N2O4+. The smallest absolute Gasteiger partial charge is 0.309 e. The van der Waals surface area contributed by atoms with Crippen LogP contribution < -0.4 is 4.90 Å². The third-order valence-electron chi connectivity index (χ3n) is 10.9. The highest BCUT2D eigenvalue weighted by molar-refractivity contribution is 6.04. The number of nitrogens with zero attached hydrogens (tertiary/aromatic N) is 2. The minimum atomic E-state index is -0.783. The number of para-hydroxylation sites is 2. The van der Waals surface area contributed by atoms with E-state index in [0.717, 1.165) is 88.4 Å². The fourth-order valence-corrected chi connectivity index (χ4v) is 8.38. The molecule has 2 aromatic rings. The Labute approximate surface area is 307 Å². The molecule has 274 valence electrons. The number of fused-ring (bicyclic) bond motifs is 2. The predicted molar refractivity (Wildman–Crippen MR) is 211 cm³/mol. The fourth-order valence-electron chi connectivity index (χ4n) is 8.38. The van der Waals surface area contributed by atoms with Crippen LogP contribution in [0.2, 0.25) is 0 Å². The number of hydrogen-bond donors (Lipinski definition) is 2. The summed E-state index contributed by atoms with van der Waals surface area (Å²) in [5.41, 5.74) is 7.07. The van der Waals surface area contributed by atoms with Crippen molar-refractivity contribution in [3.8, 4) is 0 Å². The number of allylic oxidation sites excluding steroid dienone is 8. The molecule has 0 aromatic heterocycles. The molecular weight excluding hydrogens is 633 g/mol. The molecule has 2 N–H and O–H groups in total. The van der Waals surface area contributed by atoms with Crippen molar-refractivity contribution in [1.29, 1.82) is 0 Å². The lowest BCUT2D eigenvalue weighted by Crippen LogP contribution is -2.35. The van der Waals surface area contributed by atoms with Gasteiger partial charge in [0.1, 0.15) is 6.42 Å². The number of anilines is 1. The molecule has 0 radical (unpaired) electrons. The number of aliphatic carboxylic acids is 2. The van der Waals surface area contributed by atoms with Gasteiger partial charge in [0.15, 0.2) is 12.3 Å². The van der Waals surface area contributed by atoms with Gasteiger partial charge in [0, 0.05) is 41.1 Å². The van der Waals surface area contributed by atoms with Gasteiger partial charge in [0.25, 0.3) is 0 Å². The van der Waals surface area contributed by atoms with E-state index >= 15 is 0 Å². The molecule has 2 aliphatic rings.